The highest BCUT2D eigenvalue weighted by Crippen LogP contribution is 2.36. The topological polar surface area (TPSA) is 37.4 Å². The molecule has 0 aromatic heterocycles. The van der Waals surface area contributed by atoms with E-state index in [0.717, 1.165) is 17.8 Å². The number of rotatable bonds is 2. The summed E-state index contributed by atoms with van der Waals surface area (Å²) in [6.45, 7) is 0. The molecule has 3 nitrogen and oxygen atoms in total. The second kappa shape index (κ2) is 4.96. The zero-order valence-electron chi connectivity index (χ0n) is 10.9. The van der Waals surface area contributed by atoms with Crippen LogP contribution in [0.3, 0.4) is 0 Å². The number of carbonyl (C=O) groups is 2. The van der Waals surface area contributed by atoms with Crippen LogP contribution >= 0.6 is 11.8 Å². The molecule has 0 saturated heterocycles. The van der Waals surface area contributed by atoms with E-state index in [1.54, 1.807) is 18.2 Å². The molecular weight excluding hydrogens is 296 g/mol. The molecule has 0 aliphatic carbocycles. The number of anilines is 1. The molecule has 3 rings (SSSR count). The lowest BCUT2D eigenvalue weighted by Gasteiger charge is -2.10. The van der Waals surface area contributed by atoms with Gasteiger partial charge in [-0.1, -0.05) is 11.8 Å². The number of Topliss-reactive ketones (excluding diaryl/α,β-unsaturated/α-hetero) is 1. The highest BCUT2D eigenvalue weighted by atomic mass is 32.2. The van der Waals surface area contributed by atoms with Gasteiger partial charge >= 0.3 is 0 Å². The second-order valence-corrected chi connectivity index (χ2v) is 5.66. The molecule has 0 fully saturated rings. The number of benzene rings is 2. The number of fused-ring (bicyclic) bond motifs is 1. The van der Waals surface area contributed by atoms with Crippen LogP contribution < -0.4 is 4.90 Å². The fraction of sp³-hybridized carbons (Fsp3) is 0.0667. The molecular formula is C15H9F2NO2S. The largest absolute Gasteiger partial charge is 0.308 e. The van der Waals surface area contributed by atoms with Gasteiger partial charge in [0.2, 0.25) is 0 Å². The first-order valence-electron chi connectivity index (χ1n) is 6.06. The van der Waals surface area contributed by atoms with E-state index in [1.165, 1.54) is 24.1 Å². The molecule has 6 heteroatoms. The lowest BCUT2D eigenvalue weighted by molar-refractivity contribution is -0.114. The highest BCUT2D eigenvalue weighted by Gasteiger charge is 2.33. The molecule has 1 heterocycles. The monoisotopic (exact) mass is 305 g/mol. The highest BCUT2D eigenvalue weighted by molar-refractivity contribution is 7.99. The number of amides is 1. The molecule has 21 heavy (non-hydrogen) atoms. The Bertz CT molecular complexity index is 776. The number of ketones is 1. The molecule has 0 N–H and O–H groups in total. The zero-order valence-corrected chi connectivity index (χ0v) is 11.7. The Hall–Kier alpha value is -2.21. The number of hydrogen-bond acceptors (Lipinski definition) is 3. The van der Waals surface area contributed by atoms with E-state index in [-0.39, 0.29) is 4.90 Å². The van der Waals surface area contributed by atoms with E-state index in [0.29, 0.717) is 16.1 Å². The van der Waals surface area contributed by atoms with Crippen LogP contribution in [0.15, 0.2) is 46.2 Å². The summed E-state index contributed by atoms with van der Waals surface area (Å²) >= 11 is 1.10. The Balaban J connectivity index is 1.95. The Labute approximate surface area is 123 Å². The van der Waals surface area contributed by atoms with Gasteiger partial charge in [-0.25, -0.2) is 8.78 Å². The summed E-state index contributed by atoms with van der Waals surface area (Å²) in [4.78, 5) is 25.5. The van der Waals surface area contributed by atoms with Crippen LogP contribution in [-0.2, 0) is 4.79 Å². The maximum Gasteiger partial charge on any atom is 0.299 e. The van der Waals surface area contributed by atoms with Gasteiger partial charge in [0, 0.05) is 22.9 Å². The standard InChI is InChI=1S/C15H9F2NO2S/c1-18-12-7-9(3-4-10(12)14(19)15(18)20)21-13-5-2-8(16)6-11(13)17/h2-7H,1H3. The van der Waals surface area contributed by atoms with Crippen molar-refractivity contribution < 1.29 is 18.4 Å². The number of likely N-dealkylation sites (N-methyl/N-ethyl adjacent to an activating group) is 1. The molecule has 2 aromatic carbocycles. The lowest BCUT2D eigenvalue weighted by atomic mass is 10.1. The molecule has 1 amide bonds. The molecule has 0 saturated carbocycles. The van der Waals surface area contributed by atoms with E-state index < -0.39 is 23.3 Å². The third-order valence-electron chi connectivity index (χ3n) is 3.20. The first-order chi connectivity index (χ1) is 9.97. The molecule has 106 valence electrons. The van der Waals surface area contributed by atoms with Crippen molar-refractivity contribution in [1.82, 2.24) is 0 Å². The van der Waals surface area contributed by atoms with Crippen LogP contribution in [0.25, 0.3) is 0 Å². The van der Waals surface area contributed by atoms with E-state index in [9.17, 15) is 18.4 Å². The Morgan fingerprint density at radius 3 is 2.52 bits per heavy atom. The SMILES string of the molecule is CN1C(=O)C(=O)c2ccc(Sc3ccc(F)cc3F)cc21. The van der Waals surface area contributed by atoms with Crippen molar-refractivity contribution in [3.8, 4) is 0 Å². The Morgan fingerprint density at radius 1 is 1.05 bits per heavy atom. The van der Waals surface area contributed by atoms with E-state index in [1.807, 2.05) is 0 Å². The zero-order chi connectivity index (χ0) is 15.1. The predicted molar refractivity (Wildman–Crippen MR) is 74.7 cm³/mol. The van der Waals surface area contributed by atoms with Crippen molar-refractivity contribution in [3.05, 3.63) is 53.6 Å². The van der Waals surface area contributed by atoms with Gasteiger partial charge in [0.15, 0.2) is 0 Å². The van der Waals surface area contributed by atoms with Crippen molar-refractivity contribution in [2.45, 2.75) is 9.79 Å². The molecule has 0 unspecified atom stereocenters. The summed E-state index contributed by atoms with van der Waals surface area (Å²) in [5.41, 5.74) is 0.837. The summed E-state index contributed by atoms with van der Waals surface area (Å²) in [6, 6.07) is 8.17. The fourth-order valence-electron chi connectivity index (χ4n) is 2.11. The molecule has 1 aliphatic rings. The third kappa shape index (κ3) is 2.31. The van der Waals surface area contributed by atoms with Crippen molar-refractivity contribution in [1.29, 1.82) is 0 Å². The molecule has 1 aliphatic heterocycles. The number of carbonyl (C=O) groups excluding carboxylic acids is 2. The maximum atomic E-state index is 13.6. The van der Waals surface area contributed by atoms with Crippen LogP contribution in [0.1, 0.15) is 10.4 Å². The lowest BCUT2D eigenvalue weighted by Crippen LogP contribution is -2.24. The van der Waals surface area contributed by atoms with Crippen molar-refractivity contribution in [3.63, 3.8) is 0 Å². The van der Waals surface area contributed by atoms with Crippen molar-refractivity contribution in [2.75, 3.05) is 11.9 Å². The average Bonchev–Trinajstić information content (AvgIpc) is 2.67. The summed E-state index contributed by atoms with van der Waals surface area (Å²) in [5.74, 6) is -2.42. The van der Waals surface area contributed by atoms with Gasteiger partial charge < -0.3 is 4.90 Å². The summed E-state index contributed by atoms with van der Waals surface area (Å²) in [7, 11) is 1.51. The van der Waals surface area contributed by atoms with Gasteiger partial charge in [-0.05, 0) is 30.3 Å². The van der Waals surface area contributed by atoms with Gasteiger partial charge in [-0.15, -0.1) is 0 Å². The van der Waals surface area contributed by atoms with Gasteiger partial charge in [0.25, 0.3) is 11.7 Å². The van der Waals surface area contributed by atoms with Crippen LogP contribution in [-0.4, -0.2) is 18.7 Å². The van der Waals surface area contributed by atoms with Crippen molar-refractivity contribution >= 4 is 29.1 Å². The maximum absolute atomic E-state index is 13.6. The van der Waals surface area contributed by atoms with E-state index in [4.69, 9.17) is 0 Å². The summed E-state index contributed by atoms with van der Waals surface area (Å²) in [6.07, 6.45) is 0. The van der Waals surface area contributed by atoms with Gasteiger partial charge in [0.1, 0.15) is 11.6 Å². The molecule has 0 atom stereocenters. The third-order valence-corrected chi connectivity index (χ3v) is 4.24. The molecule has 0 radical (unpaired) electrons. The minimum atomic E-state index is -0.652. The first kappa shape index (κ1) is 13.8. The summed E-state index contributed by atoms with van der Waals surface area (Å²) < 4.78 is 26.5. The smallest absolute Gasteiger partial charge is 0.299 e. The first-order valence-corrected chi connectivity index (χ1v) is 6.88. The fourth-order valence-corrected chi connectivity index (χ4v) is 2.96. The summed E-state index contributed by atoms with van der Waals surface area (Å²) in [5, 5.41) is 0. The predicted octanol–water partition coefficient (Wildman–Crippen LogP) is 3.28. The van der Waals surface area contributed by atoms with Crippen LogP contribution in [0, 0.1) is 11.6 Å². The quantitative estimate of drug-likeness (QED) is 0.799. The molecule has 0 spiro atoms. The van der Waals surface area contributed by atoms with Gasteiger partial charge in [-0.2, -0.15) is 0 Å². The van der Waals surface area contributed by atoms with E-state index >= 15 is 0 Å². The Kier molecular flexibility index (Phi) is 3.25. The van der Waals surface area contributed by atoms with Gasteiger partial charge in [-0.3, -0.25) is 9.59 Å². The van der Waals surface area contributed by atoms with Crippen molar-refractivity contribution in [2.24, 2.45) is 0 Å². The number of nitrogens with zero attached hydrogens (tertiary/aromatic N) is 1. The Morgan fingerprint density at radius 2 is 1.81 bits per heavy atom. The normalized spacial score (nSPS) is 13.8. The van der Waals surface area contributed by atoms with Gasteiger partial charge in [0.05, 0.1) is 11.3 Å². The van der Waals surface area contributed by atoms with Crippen LogP contribution in [0.5, 0.6) is 0 Å². The van der Waals surface area contributed by atoms with Crippen LogP contribution in [0.4, 0.5) is 14.5 Å². The molecule has 2 aromatic rings. The minimum Gasteiger partial charge on any atom is -0.308 e. The van der Waals surface area contributed by atoms with E-state index in [2.05, 4.69) is 0 Å². The molecule has 0 bridgehead atoms. The van der Waals surface area contributed by atoms with Crippen LogP contribution in [0.2, 0.25) is 0 Å². The average molecular weight is 305 g/mol. The number of hydrogen-bond donors (Lipinski definition) is 0. The minimum absolute atomic E-state index is 0.273. The second-order valence-electron chi connectivity index (χ2n) is 4.55. The number of halogens is 2.